The Labute approximate surface area is 126 Å². The highest BCUT2D eigenvalue weighted by atomic mass is 16.5. The molecule has 0 saturated heterocycles. The van der Waals surface area contributed by atoms with Gasteiger partial charge in [-0.05, 0) is 24.3 Å². The second-order valence-electron chi connectivity index (χ2n) is 5.09. The molecule has 2 aromatic carbocycles. The van der Waals surface area contributed by atoms with Gasteiger partial charge in [-0.25, -0.2) is 0 Å². The van der Waals surface area contributed by atoms with E-state index in [1.165, 1.54) is 0 Å². The number of benzene rings is 2. The number of rotatable bonds is 2. The lowest BCUT2D eigenvalue weighted by Gasteiger charge is -2.16. The summed E-state index contributed by atoms with van der Waals surface area (Å²) in [6.45, 7) is 0. The quantitative estimate of drug-likeness (QED) is 0.660. The van der Waals surface area contributed by atoms with E-state index < -0.39 is 6.10 Å². The molecule has 5 nitrogen and oxygen atoms in total. The molecule has 1 heterocycles. The van der Waals surface area contributed by atoms with Crippen molar-refractivity contribution in [3.05, 3.63) is 71.3 Å². The van der Waals surface area contributed by atoms with Crippen LogP contribution in [0.1, 0.15) is 5.56 Å². The lowest BCUT2D eigenvalue weighted by atomic mass is 10.0. The minimum Gasteiger partial charge on any atom is -0.480 e. The van der Waals surface area contributed by atoms with Crippen LogP contribution in [0.5, 0.6) is 5.75 Å². The molecule has 0 spiro atoms. The smallest absolute Gasteiger partial charge is 0.256 e. The Morgan fingerprint density at radius 3 is 2.59 bits per heavy atom. The van der Waals surface area contributed by atoms with Gasteiger partial charge in [-0.2, -0.15) is 0 Å². The highest BCUT2D eigenvalue weighted by Gasteiger charge is 2.50. The number of para-hydroxylation sites is 2. The first-order valence-electron chi connectivity index (χ1n) is 6.88. The number of fused-ring (bicyclic) bond motifs is 2. The van der Waals surface area contributed by atoms with E-state index in [4.69, 9.17) is 4.74 Å². The molecular weight excluding hydrogens is 280 g/mol. The number of carbonyl (C=O) groups is 1. The SMILES string of the molecule is O=C(Nc1ccccc1)C1=C2C(=NO)c3ccccc3OC12. The average Bonchev–Trinajstić information content (AvgIpc) is 3.27. The van der Waals surface area contributed by atoms with Crippen molar-refractivity contribution >= 4 is 17.3 Å². The van der Waals surface area contributed by atoms with Crippen LogP contribution in [0.3, 0.4) is 0 Å². The molecule has 1 amide bonds. The van der Waals surface area contributed by atoms with E-state index in [1.807, 2.05) is 42.5 Å². The Balaban J connectivity index is 1.64. The molecule has 22 heavy (non-hydrogen) atoms. The first-order chi connectivity index (χ1) is 10.8. The van der Waals surface area contributed by atoms with Gasteiger partial charge < -0.3 is 15.3 Å². The fraction of sp³-hybridized carbons (Fsp3) is 0.0588. The standard InChI is InChI=1S/C17H12N2O3/c20-17(18-10-6-2-1-3-7-10)14-13-15(19-21)11-8-4-5-9-12(11)22-16(13)14/h1-9,16,21H,(H,18,20). The summed E-state index contributed by atoms with van der Waals surface area (Å²) >= 11 is 0. The number of ether oxygens (including phenoxy) is 1. The average molecular weight is 292 g/mol. The molecule has 0 fully saturated rings. The summed E-state index contributed by atoms with van der Waals surface area (Å²) in [6, 6.07) is 16.5. The molecule has 0 radical (unpaired) electrons. The summed E-state index contributed by atoms with van der Waals surface area (Å²) in [5.41, 5.74) is 2.97. The highest BCUT2D eigenvalue weighted by Crippen LogP contribution is 2.45. The minimum atomic E-state index is -0.426. The maximum atomic E-state index is 12.4. The number of anilines is 1. The number of carbonyl (C=O) groups excluding carboxylic acids is 1. The molecular formula is C17H12N2O3. The zero-order valence-electron chi connectivity index (χ0n) is 11.5. The zero-order valence-corrected chi connectivity index (χ0v) is 11.5. The summed E-state index contributed by atoms with van der Waals surface area (Å²) < 4.78 is 5.78. The molecule has 5 heteroatoms. The lowest BCUT2D eigenvalue weighted by molar-refractivity contribution is -0.112. The molecule has 1 aliphatic carbocycles. The van der Waals surface area contributed by atoms with Crippen LogP contribution in [0.4, 0.5) is 5.69 Å². The third kappa shape index (κ3) is 1.87. The van der Waals surface area contributed by atoms with Crippen molar-refractivity contribution in [2.45, 2.75) is 6.10 Å². The van der Waals surface area contributed by atoms with Gasteiger partial charge in [0, 0.05) is 16.8 Å². The summed E-state index contributed by atoms with van der Waals surface area (Å²) in [6.07, 6.45) is -0.426. The number of nitrogens with zero attached hydrogens (tertiary/aromatic N) is 1. The molecule has 108 valence electrons. The van der Waals surface area contributed by atoms with Crippen molar-refractivity contribution in [1.29, 1.82) is 0 Å². The van der Waals surface area contributed by atoms with Crippen molar-refractivity contribution in [1.82, 2.24) is 0 Å². The number of nitrogens with one attached hydrogen (secondary N) is 1. The highest BCUT2D eigenvalue weighted by molar-refractivity contribution is 6.27. The second kappa shape index (κ2) is 4.73. The van der Waals surface area contributed by atoms with Crippen molar-refractivity contribution in [3.63, 3.8) is 0 Å². The van der Waals surface area contributed by atoms with Gasteiger partial charge in [0.05, 0.1) is 5.57 Å². The monoisotopic (exact) mass is 292 g/mol. The van der Waals surface area contributed by atoms with E-state index in [2.05, 4.69) is 10.5 Å². The molecule has 1 aliphatic heterocycles. The predicted octanol–water partition coefficient (Wildman–Crippen LogP) is 2.57. The normalized spacial score (nSPS) is 20.0. The first kappa shape index (κ1) is 12.6. The Kier molecular flexibility index (Phi) is 2.72. The lowest BCUT2D eigenvalue weighted by Crippen LogP contribution is -2.19. The van der Waals surface area contributed by atoms with Gasteiger partial charge in [-0.1, -0.05) is 35.5 Å². The van der Waals surface area contributed by atoms with Gasteiger partial charge in [0.25, 0.3) is 5.91 Å². The summed E-state index contributed by atoms with van der Waals surface area (Å²) in [5.74, 6) is 0.381. The van der Waals surface area contributed by atoms with Gasteiger partial charge in [-0.15, -0.1) is 0 Å². The van der Waals surface area contributed by atoms with Crippen LogP contribution in [-0.4, -0.2) is 22.9 Å². The van der Waals surface area contributed by atoms with Crippen LogP contribution >= 0.6 is 0 Å². The topological polar surface area (TPSA) is 70.9 Å². The fourth-order valence-corrected chi connectivity index (χ4v) is 2.68. The third-order valence-electron chi connectivity index (χ3n) is 3.75. The maximum Gasteiger partial charge on any atom is 0.256 e. The number of oxime groups is 1. The Morgan fingerprint density at radius 2 is 1.82 bits per heavy atom. The zero-order chi connectivity index (χ0) is 15.1. The molecule has 2 aliphatic rings. The predicted molar refractivity (Wildman–Crippen MR) is 81.3 cm³/mol. The van der Waals surface area contributed by atoms with Crippen LogP contribution in [0, 0.1) is 0 Å². The summed E-state index contributed by atoms with van der Waals surface area (Å²) in [7, 11) is 0. The van der Waals surface area contributed by atoms with E-state index in [0.717, 1.165) is 0 Å². The van der Waals surface area contributed by atoms with Gasteiger partial charge in [-0.3, -0.25) is 4.79 Å². The number of amides is 1. The van der Waals surface area contributed by atoms with Crippen molar-refractivity contribution in [3.8, 4) is 5.75 Å². The number of hydrogen-bond donors (Lipinski definition) is 2. The minimum absolute atomic E-state index is 0.236. The van der Waals surface area contributed by atoms with Crippen LogP contribution in [-0.2, 0) is 4.79 Å². The van der Waals surface area contributed by atoms with Crippen molar-refractivity contribution in [2.24, 2.45) is 5.16 Å². The third-order valence-corrected chi connectivity index (χ3v) is 3.75. The van der Waals surface area contributed by atoms with Crippen molar-refractivity contribution in [2.75, 3.05) is 5.32 Å². The maximum absolute atomic E-state index is 12.4. The van der Waals surface area contributed by atoms with Crippen LogP contribution in [0.25, 0.3) is 0 Å². The van der Waals surface area contributed by atoms with E-state index in [1.54, 1.807) is 12.1 Å². The van der Waals surface area contributed by atoms with Crippen molar-refractivity contribution < 1.29 is 14.7 Å². The van der Waals surface area contributed by atoms with E-state index >= 15 is 0 Å². The van der Waals surface area contributed by atoms with E-state index in [-0.39, 0.29) is 5.91 Å². The Morgan fingerprint density at radius 1 is 1.09 bits per heavy atom. The molecule has 0 bridgehead atoms. The molecule has 1 atom stereocenters. The molecule has 0 aromatic heterocycles. The number of hydrogen-bond acceptors (Lipinski definition) is 4. The molecule has 2 aromatic rings. The first-order valence-corrected chi connectivity index (χ1v) is 6.88. The van der Waals surface area contributed by atoms with Crippen LogP contribution in [0.2, 0.25) is 0 Å². The van der Waals surface area contributed by atoms with Crippen LogP contribution in [0.15, 0.2) is 70.9 Å². The Hall–Kier alpha value is -3.08. The summed E-state index contributed by atoms with van der Waals surface area (Å²) in [5, 5.41) is 15.5. The van der Waals surface area contributed by atoms with E-state index in [0.29, 0.717) is 33.9 Å². The Bertz CT molecular complexity index is 825. The van der Waals surface area contributed by atoms with E-state index in [9.17, 15) is 10.0 Å². The molecule has 2 N–H and O–H groups in total. The van der Waals surface area contributed by atoms with Gasteiger partial charge in [0.2, 0.25) is 0 Å². The van der Waals surface area contributed by atoms with Gasteiger partial charge in [0.1, 0.15) is 11.5 Å². The second-order valence-corrected chi connectivity index (χ2v) is 5.09. The van der Waals surface area contributed by atoms with Gasteiger partial charge >= 0.3 is 0 Å². The largest absolute Gasteiger partial charge is 0.480 e. The fourth-order valence-electron chi connectivity index (χ4n) is 2.68. The molecule has 0 saturated carbocycles. The van der Waals surface area contributed by atoms with Gasteiger partial charge in [0.15, 0.2) is 6.10 Å². The van der Waals surface area contributed by atoms with Crippen LogP contribution < -0.4 is 10.1 Å². The summed E-state index contributed by atoms with van der Waals surface area (Å²) in [4.78, 5) is 12.4. The molecule has 1 unspecified atom stereocenters. The molecule has 4 rings (SSSR count).